The number of benzene rings is 2. The minimum Gasteiger partial charge on any atom is -0.492 e. The SMILES string of the molecule is CN=C(NCCOc1ccc(C)cc1)NCc1cccc(CN2CCCC(C(N)=O)C2)c1. The van der Waals surface area contributed by atoms with E-state index in [0.29, 0.717) is 19.7 Å². The summed E-state index contributed by atoms with van der Waals surface area (Å²) in [5, 5.41) is 6.63. The molecule has 1 saturated heterocycles. The Morgan fingerprint density at radius 2 is 1.97 bits per heavy atom. The van der Waals surface area contributed by atoms with Crippen LogP contribution in [0.5, 0.6) is 5.75 Å². The quantitative estimate of drug-likeness (QED) is 0.318. The van der Waals surface area contributed by atoms with Gasteiger partial charge in [0.05, 0.1) is 12.5 Å². The summed E-state index contributed by atoms with van der Waals surface area (Å²) in [6.07, 6.45) is 1.92. The van der Waals surface area contributed by atoms with E-state index in [0.717, 1.165) is 44.2 Å². The standard InChI is InChI=1S/C25H35N5O2/c1-19-8-10-23(11-9-19)32-14-12-28-25(27-2)29-16-20-5-3-6-21(15-20)17-30-13-4-7-22(18-30)24(26)31/h3,5-6,8-11,15,22H,4,7,12-14,16-18H2,1-2H3,(H2,26,31)(H2,27,28,29). The van der Waals surface area contributed by atoms with Crippen molar-refractivity contribution in [3.05, 3.63) is 65.2 Å². The number of rotatable bonds is 9. The second kappa shape index (κ2) is 12.1. The first-order chi connectivity index (χ1) is 15.5. The number of carbonyl (C=O) groups excluding carboxylic acids is 1. The number of guanidine groups is 1. The van der Waals surface area contributed by atoms with Crippen molar-refractivity contribution in [3.63, 3.8) is 0 Å². The Morgan fingerprint density at radius 1 is 1.19 bits per heavy atom. The van der Waals surface area contributed by atoms with Gasteiger partial charge in [-0.2, -0.15) is 0 Å². The molecule has 1 atom stereocenters. The van der Waals surface area contributed by atoms with E-state index in [1.54, 1.807) is 7.05 Å². The molecule has 32 heavy (non-hydrogen) atoms. The monoisotopic (exact) mass is 437 g/mol. The van der Waals surface area contributed by atoms with Gasteiger partial charge in [-0.05, 0) is 49.6 Å². The van der Waals surface area contributed by atoms with Crippen LogP contribution in [0.25, 0.3) is 0 Å². The number of hydrogen-bond acceptors (Lipinski definition) is 4. The molecule has 1 amide bonds. The summed E-state index contributed by atoms with van der Waals surface area (Å²) in [5.41, 5.74) is 9.15. The third-order valence-electron chi connectivity index (χ3n) is 5.67. The summed E-state index contributed by atoms with van der Waals surface area (Å²) in [5.74, 6) is 1.39. The highest BCUT2D eigenvalue weighted by Crippen LogP contribution is 2.18. The van der Waals surface area contributed by atoms with Crippen LogP contribution in [-0.4, -0.2) is 50.1 Å². The van der Waals surface area contributed by atoms with E-state index in [2.05, 4.69) is 51.7 Å². The van der Waals surface area contributed by atoms with Crippen LogP contribution < -0.4 is 21.1 Å². The maximum absolute atomic E-state index is 11.5. The lowest BCUT2D eigenvalue weighted by Crippen LogP contribution is -2.40. The highest BCUT2D eigenvalue weighted by Gasteiger charge is 2.23. The fourth-order valence-electron chi connectivity index (χ4n) is 3.91. The molecule has 0 bridgehead atoms. The molecule has 1 aliphatic heterocycles. The van der Waals surface area contributed by atoms with Crippen LogP contribution in [0.3, 0.4) is 0 Å². The Labute approximate surface area is 191 Å². The zero-order chi connectivity index (χ0) is 22.8. The number of primary amides is 1. The molecule has 2 aromatic rings. The Bertz CT molecular complexity index is 897. The van der Waals surface area contributed by atoms with E-state index < -0.39 is 0 Å². The summed E-state index contributed by atoms with van der Waals surface area (Å²) in [4.78, 5) is 18.1. The number of amides is 1. The minimum absolute atomic E-state index is 0.0296. The molecule has 0 radical (unpaired) electrons. The normalized spacial score (nSPS) is 17.1. The molecule has 1 aliphatic rings. The fourth-order valence-corrected chi connectivity index (χ4v) is 3.91. The number of aryl methyl sites for hydroxylation is 1. The van der Waals surface area contributed by atoms with Crippen LogP contribution in [0.1, 0.15) is 29.5 Å². The van der Waals surface area contributed by atoms with E-state index >= 15 is 0 Å². The van der Waals surface area contributed by atoms with Gasteiger partial charge in [-0.25, -0.2) is 0 Å². The van der Waals surface area contributed by atoms with Crippen molar-refractivity contribution in [3.8, 4) is 5.75 Å². The van der Waals surface area contributed by atoms with Crippen molar-refractivity contribution in [2.24, 2.45) is 16.6 Å². The third kappa shape index (κ3) is 7.57. The third-order valence-corrected chi connectivity index (χ3v) is 5.67. The Hall–Kier alpha value is -3.06. The first-order valence-electron chi connectivity index (χ1n) is 11.3. The van der Waals surface area contributed by atoms with Gasteiger partial charge < -0.3 is 21.1 Å². The molecule has 7 heteroatoms. The van der Waals surface area contributed by atoms with Crippen LogP contribution >= 0.6 is 0 Å². The Kier molecular flexibility index (Phi) is 8.92. The van der Waals surface area contributed by atoms with Crippen LogP contribution in [-0.2, 0) is 17.9 Å². The number of hydrogen-bond donors (Lipinski definition) is 3. The van der Waals surface area contributed by atoms with Crippen molar-refractivity contribution < 1.29 is 9.53 Å². The maximum Gasteiger partial charge on any atom is 0.221 e. The number of nitrogens with two attached hydrogens (primary N) is 1. The van der Waals surface area contributed by atoms with Gasteiger partial charge in [0.15, 0.2) is 5.96 Å². The maximum atomic E-state index is 11.5. The summed E-state index contributed by atoms with van der Waals surface area (Å²) in [7, 11) is 1.76. The van der Waals surface area contributed by atoms with Crippen molar-refractivity contribution in [2.75, 3.05) is 33.3 Å². The van der Waals surface area contributed by atoms with Gasteiger partial charge in [-0.3, -0.25) is 14.7 Å². The van der Waals surface area contributed by atoms with Gasteiger partial charge in [-0.1, -0.05) is 42.0 Å². The Balaban J connectivity index is 1.42. The lowest BCUT2D eigenvalue weighted by molar-refractivity contribution is -0.123. The Morgan fingerprint density at radius 3 is 2.72 bits per heavy atom. The lowest BCUT2D eigenvalue weighted by Gasteiger charge is -2.31. The lowest BCUT2D eigenvalue weighted by atomic mass is 9.97. The highest BCUT2D eigenvalue weighted by atomic mass is 16.5. The number of nitrogens with zero attached hydrogens (tertiary/aromatic N) is 2. The number of piperidine rings is 1. The van der Waals surface area contributed by atoms with Crippen molar-refractivity contribution in [2.45, 2.75) is 32.9 Å². The molecule has 2 aromatic carbocycles. The number of nitrogens with one attached hydrogen (secondary N) is 2. The number of ether oxygens (including phenoxy) is 1. The predicted octanol–water partition coefficient (Wildman–Crippen LogP) is 2.44. The first kappa shape index (κ1) is 23.6. The second-order valence-electron chi connectivity index (χ2n) is 8.31. The van der Waals surface area contributed by atoms with Gasteiger partial charge in [0.1, 0.15) is 12.4 Å². The fraction of sp³-hybridized carbons (Fsp3) is 0.440. The predicted molar refractivity (Wildman–Crippen MR) is 129 cm³/mol. The van der Waals surface area contributed by atoms with Gasteiger partial charge in [0.25, 0.3) is 0 Å². The molecular formula is C25H35N5O2. The molecule has 1 fully saturated rings. The average molecular weight is 438 g/mol. The zero-order valence-corrected chi connectivity index (χ0v) is 19.1. The summed E-state index contributed by atoms with van der Waals surface area (Å²) in [6.45, 7) is 6.54. The van der Waals surface area contributed by atoms with Crippen LogP contribution in [0.15, 0.2) is 53.5 Å². The topological polar surface area (TPSA) is 92.0 Å². The zero-order valence-electron chi connectivity index (χ0n) is 19.1. The average Bonchev–Trinajstić information content (AvgIpc) is 2.80. The van der Waals surface area contributed by atoms with E-state index in [-0.39, 0.29) is 11.8 Å². The minimum atomic E-state index is -0.184. The van der Waals surface area contributed by atoms with Gasteiger partial charge >= 0.3 is 0 Å². The van der Waals surface area contributed by atoms with Crippen LogP contribution in [0.4, 0.5) is 0 Å². The van der Waals surface area contributed by atoms with Crippen molar-refractivity contribution in [1.29, 1.82) is 0 Å². The van der Waals surface area contributed by atoms with Gasteiger partial charge in [0, 0.05) is 26.7 Å². The molecule has 0 aliphatic carbocycles. The van der Waals surface area contributed by atoms with Crippen LogP contribution in [0.2, 0.25) is 0 Å². The molecular weight excluding hydrogens is 402 g/mol. The molecule has 1 unspecified atom stereocenters. The molecule has 7 nitrogen and oxygen atoms in total. The van der Waals surface area contributed by atoms with E-state index in [9.17, 15) is 4.79 Å². The molecule has 0 spiro atoms. The second-order valence-corrected chi connectivity index (χ2v) is 8.31. The summed E-state index contributed by atoms with van der Waals surface area (Å²) < 4.78 is 5.75. The van der Waals surface area contributed by atoms with E-state index in [4.69, 9.17) is 10.5 Å². The van der Waals surface area contributed by atoms with Gasteiger partial charge in [0.2, 0.25) is 5.91 Å². The van der Waals surface area contributed by atoms with E-state index in [1.807, 2.05) is 24.3 Å². The van der Waals surface area contributed by atoms with Crippen molar-refractivity contribution >= 4 is 11.9 Å². The number of aliphatic imine (C=N–C) groups is 1. The number of carbonyl (C=O) groups is 1. The number of likely N-dealkylation sites (tertiary alicyclic amines) is 1. The van der Waals surface area contributed by atoms with E-state index in [1.165, 1.54) is 16.7 Å². The molecule has 4 N–H and O–H groups in total. The molecule has 1 heterocycles. The van der Waals surface area contributed by atoms with Gasteiger partial charge in [-0.15, -0.1) is 0 Å². The highest BCUT2D eigenvalue weighted by molar-refractivity contribution is 5.79. The largest absolute Gasteiger partial charge is 0.492 e. The smallest absolute Gasteiger partial charge is 0.221 e. The summed E-state index contributed by atoms with van der Waals surface area (Å²) in [6, 6.07) is 16.6. The molecule has 172 valence electrons. The van der Waals surface area contributed by atoms with Crippen molar-refractivity contribution in [1.82, 2.24) is 15.5 Å². The molecule has 3 rings (SSSR count). The van der Waals surface area contributed by atoms with Crippen LogP contribution in [0, 0.1) is 12.8 Å². The summed E-state index contributed by atoms with van der Waals surface area (Å²) >= 11 is 0. The molecule has 0 aromatic heterocycles. The molecule has 0 saturated carbocycles. The first-order valence-corrected chi connectivity index (χ1v) is 11.3.